The van der Waals surface area contributed by atoms with E-state index in [1.54, 1.807) is 0 Å². The molecule has 128 valence electrons. The molecule has 0 fully saturated rings. The highest BCUT2D eigenvalue weighted by Gasteiger charge is 2.54. The molecule has 2 heteroatoms. The van der Waals surface area contributed by atoms with E-state index in [-0.39, 0.29) is 11.8 Å². The van der Waals surface area contributed by atoms with Gasteiger partial charge in [0.15, 0.2) is 0 Å². The Hall–Kier alpha value is -3.13. The molecule has 1 N–H and O–H groups in total. The predicted molar refractivity (Wildman–Crippen MR) is 105 cm³/mol. The minimum atomic E-state index is -0.757. The van der Waals surface area contributed by atoms with Crippen LogP contribution in [0.15, 0.2) is 91.0 Å². The van der Waals surface area contributed by atoms with Crippen molar-refractivity contribution in [2.24, 2.45) is 0 Å². The van der Waals surface area contributed by atoms with Crippen molar-refractivity contribution in [1.29, 1.82) is 0 Å². The van der Waals surface area contributed by atoms with E-state index in [2.05, 4.69) is 36.4 Å². The van der Waals surface area contributed by atoms with E-state index in [9.17, 15) is 9.90 Å². The summed E-state index contributed by atoms with van der Waals surface area (Å²) in [5.41, 5.74) is 5.66. The van der Waals surface area contributed by atoms with E-state index < -0.39 is 5.97 Å². The third kappa shape index (κ3) is 2.74. The number of carbonyl (C=O) groups is 1. The van der Waals surface area contributed by atoms with Gasteiger partial charge < -0.3 is 5.11 Å². The molecule has 0 amide bonds. The van der Waals surface area contributed by atoms with Crippen molar-refractivity contribution in [1.82, 2.24) is 0 Å². The predicted octanol–water partition coefficient (Wildman–Crippen LogP) is 5.41. The van der Waals surface area contributed by atoms with Gasteiger partial charge in [-0.3, -0.25) is 4.79 Å². The van der Waals surface area contributed by atoms with Crippen LogP contribution in [0.1, 0.15) is 29.5 Å². The Morgan fingerprint density at radius 2 is 1.12 bits per heavy atom. The molecule has 1 aliphatic rings. The summed E-state index contributed by atoms with van der Waals surface area (Å²) >= 11 is 0. The van der Waals surface area contributed by atoms with Crippen molar-refractivity contribution >= 4 is 17.1 Å². The number of benzene rings is 3. The molecule has 0 radical (unpaired) electrons. The van der Waals surface area contributed by atoms with E-state index in [4.69, 9.17) is 0 Å². The zero-order chi connectivity index (χ0) is 18.0. The number of carboxylic acids is 1. The van der Waals surface area contributed by atoms with Crippen LogP contribution < -0.4 is 0 Å². The molecule has 0 aliphatic heterocycles. The van der Waals surface area contributed by atoms with E-state index in [0.717, 1.165) is 0 Å². The fourth-order valence-electron chi connectivity index (χ4n) is 4.01. The van der Waals surface area contributed by atoms with Gasteiger partial charge in [-0.2, -0.15) is 0 Å². The Kier molecular flexibility index (Phi) is 4.18. The monoisotopic (exact) mass is 340 g/mol. The molecule has 26 heavy (non-hydrogen) atoms. The van der Waals surface area contributed by atoms with Gasteiger partial charge >= 0.3 is 5.97 Å². The van der Waals surface area contributed by atoms with Gasteiger partial charge in [0.2, 0.25) is 0 Å². The summed E-state index contributed by atoms with van der Waals surface area (Å²) in [6.45, 7) is 0. The Labute approximate surface area is 153 Å². The maximum absolute atomic E-state index is 11.4. The zero-order valence-electron chi connectivity index (χ0n) is 14.4. The van der Waals surface area contributed by atoms with Gasteiger partial charge in [-0.15, -0.1) is 0 Å². The van der Waals surface area contributed by atoms with Crippen LogP contribution in [0.5, 0.6) is 0 Å². The Morgan fingerprint density at radius 3 is 1.54 bits per heavy atom. The van der Waals surface area contributed by atoms with Crippen molar-refractivity contribution in [3.63, 3.8) is 0 Å². The lowest BCUT2D eigenvalue weighted by molar-refractivity contribution is -0.137. The number of allylic oxidation sites excluding steroid dienone is 2. The number of aliphatic carboxylic acids is 1. The molecule has 0 unspecified atom stereocenters. The smallest absolute Gasteiger partial charge is 0.303 e. The zero-order valence-corrected chi connectivity index (χ0v) is 14.4. The van der Waals surface area contributed by atoms with Crippen LogP contribution in [0.25, 0.3) is 11.1 Å². The third-order valence-electron chi connectivity index (χ3n) is 5.15. The summed E-state index contributed by atoms with van der Waals surface area (Å²) in [6, 6.07) is 30.9. The summed E-state index contributed by atoms with van der Waals surface area (Å²) in [5.74, 6) is -0.757. The Morgan fingerprint density at radius 1 is 0.692 bits per heavy atom. The SMILES string of the molecule is O=C(O)CCC1(c2ccccc2)C(c2ccccc2)=C1c1ccccc1. The average Bonchev–Trinajstić information content (AvgIpc) is 3.38. The van der Waals surface area contributed by atoms with E-state index >= 15 is 0 Å². The van der Waals surface area contributed by atoms with Crippen LogP contribution >= 0.6 is 0 Å². The summed E-state index contributed by atoms with van der Waals surface area (Å²) in [7, 11) is 0. The normalized spacial score (nSPS) is 14.9. The van der Waals surface area contributed by atoms with Gasteiger partial charge in [0.1, 0.15) is 0 Å². The lowest BCUT2D eigenvalue weighted by Crippen LogP contribution is -2.15. The highest BCUT2D eigenvalue weighted by Crippen LogP contribution is 2.66. The molecule has 0 atom stereocenters. The minimum absolute atomic E-state index is 0.140. The summed E-state index contributed by atoms with van der Waals surface area (Å²) in [5, 5.41) is 9.35. The lowest BCUT2D eigenvalue weighted by Gasteiger charge is -2.21. The molecule has 3 aromatic carbocycles. The van der Waals surface area contributed by atoms with E-state index in [0.29, 0.717) is 6.42 Å². The van der Waals surface area contributed by atoms with Crippen LogP contribution in [0.3, 0.4) is 0 Å². The standard InChI is InChI=1S/C24H20O2/c25-21(26)16-17-24(20-14-8-3-9-15-20)22(18-10-4-1-5-11-18)23(24)19-12-6-2-7-13-19/h1-15H,16-17H2,(H,25,26). The van der Waals surface area contributed by atoms with Crippen molar-refractivity contribution < 1.29 is 9.90 Å². The summed E-state index contributed by atoms with van der Waals surface area (Å²) < 4.78 is 0. The molecule has 1 aliphatic carbocycles. The fraction of sp³-hybridized carbons (Fsp3) is 0.125. The molecular weight excluding hydrogens is 320 g/mol. The van der Waals surface area contributed by atoms with Gasteiger partial charge in [0.25, 0.3) is 0 Å². The highest BCUT2D eigenvalue weighted by molar-refractivity contribution is 6.19. The van der Waals surface area contributed by atoms with Crippen molar-refractivity contribution in [3.8, 4) is 0 Å². The number of rotatable bonds is 6. The van der Waals surface area contributed by atoms with Crippen molar-refractivity contribution in [2.45, 2.75) is 18.3 Å². The van der Waals surface area contributed by atoms with Crippen LogP contribution in [0.2, 0.25) is 0 Å². The Balaban J connectivity index is 1.88. The average molecular weight is 340 g/mol. The summed E-state index contributed by atoms with van der Waals surface area (Å²) in [4.78, 5) is 11.4. The second kappa shape index (κ2) is 6.64. The van der Waals surface area contributed by atoms with Gasteiger partial charge in [-0.1, -0.05) is 91.0 Å². The molecule has 0 saturated heterocycles. The number of carboxylic acid groups (broad SMARTS) is 1. The first-order chi connectivity index (χ1) is 12.7. The number of hydrogen-bond acceptors (Lipinski definition) is 1. The molecule has 3 aromatic rings. The molecule has 0 bridgehead atoms. The second-order valence-corrected chi connectivity index (χ2v) is 6.65. The molecular formula is C24H20O2. The lowest BCUT2D eigenvalue weighted by atomic mass is 9.81. The summed E-state index contributed by atoms with van der Waals surface area (Å²) in [6.07, 6.45) is 0.711. The molecule has 0 spiro atoms. The molecule has 0 aromatic heterocycles. The second-order valence-electron chi connectivity index (χ2n) is 6.65. The van der Waals surface area contributed by atoms with Crippen molar-refractivity contribution in [2.75, 3.05) is 0 Å². The van der Waals surface area contributed by atoms with Gasteiger partial charge in [0.05, 0.1) is 0 Å². The topological polar surface area (TPSA) is 37.3 Å². The van der Waals surface area contributed by atoms with Gasteiger partial charge in [0, 0.05) is 11.8 Å². The number of hydrogen-bond donors (Lipinski definition) is 1. The van der Waals surface area contributed by atoms with Gasteiger partial charge in [-0.25, -0.2) is 0 Å². The van der Waals surface area contributed by atoms with Crippen LogP contribution in [0, 0.1) is 0 Å². The van der Waals surface area contributed by atoms with Crippen LogP contribution in [0.4, 0.5) is 0 Å². The first-order valence-corrected chi connectivity index (χ1v) is 8.87. The first-order valence-electron chi connectivity index (χ1n) is 8.87. The largest absolute Gasteiger partial charge is 0.481 e. The molecule has 0 heterocycles. The third-order valence-corrected chi connectivity index (χ3v) is 5.15. The first kappa shape index (κ1) is 16.3. The highest BCUT2D eigenvalue weighted by atomic mass is 16.4. The Bertz CT molecular complexity index is 892. The maximum atomic E-state index is 11.4. The van der Waals surface area contributed by atoms with Crippen molar-refractivity contribution in [3.05, 3.63) is 108 Å². The van der Waals surface area contributed by atoms with Gasteiger partial charge in [-0.05, 0) is 34.3 Å². The van der Waals surface area contributed by atoms with E-state index in [1.165, 1.54) is 27.8 Å². The fourth-order valence-corrected chi connectivity index (χ4v) is 4.01. The maximum Gasteiger partial charge on any atom is 0.303 e. The molecule has 0 saturated carbocycles. The molecule has 4 rings (SSSR count). The quantitative estimate of drug-likeness (QED) is 0.651. The molecule has 2 nitrogen and oxygen atoms in total. The van der Waals surface area contributed by atoms with E-state index in [1.807, 2.05) is 54.6 Å². The van der Waals surface area contributed by atoms with Crippen LogP contribution in [-0.4, -0.2) is 11.1 Å². The van der Waals surface area contributed by atoms with Crippen LogP contribution in [-0.2, 0) is 10.2 Å². The minimum Gasteiger partial charge on any atom is -0.481 e.